The zero-order valence-electron chi connectivity index (χ0n) is 11.1. The fourth-order valence-electron chi connectivity index (χ4n) is 2.29. The maximum Gasteiger partial charge on any atom is 0.339 e. The topological polar surface area (TPSA) is 50.4 Å². The van der Waals surface area contributed by atoms with Crippen LogP contribution in [0.2, 0.25) is 0 Å². The minimum Gasteiger partial charge on any atom is -0.508 e. The van der Waals surface area contributed by atoms with Crippen LogP contribution < -0.4 is 5.63 Å². The Hall–Kier alpha value is -2.55. The molecule has 100 valence electrons. The van der Waals surface area contributed by atoms with E-state index in [1.807, 2.05) is 43.3 Å². The van der Waals surface area contributed by atoms with Crippen molar-refractivity contribution >= 4 is 11.0 Å². The van der Waals surface area contributed by atoms with Crippen LogP contribution in [0, 0.1) is 6.92 Å². The first-order valence-corrected chi connectivity index (χ1v) is 6.44. The summed E-state index contributed by atoms with van der Waals surface area (Å²) in [6.45, 7) is 1.95. The van der Waals surface area contributed by atoms with Crippen LogP contribution in [0.15, 0.2) is 57.7 Å². The van der Waals surface area contributed by atoms with E-state index in [9.17, 15) is 9.90 Å². The number of phenols is 1. The lowest BCUT2D eigenvalue weighted by Crippen LogP contribution is -2.07. The molecule has 0 unspecified atom stereocenters. The average Bonchev–Trinajstić information content (AvgIpc) is 2.43. The highest BCUT2D eigenvalue weighted by Gasteiger charge is 2.09. The normalized spacial score (nSPS) is 10.8. The first-order valence-electron chi connectivity index (χ1n) is 6.44. The summed E-state index contributed by atoms with van der Waals surface area (Å²) in [5, 5.41) is 10.8. The lowest BCUT2D eigenvalue weighted by atomic mass is 10.0. The number of aryl methyl sites for hydroxylation is 1. The SMILES string of the molecule is Cc1ccc(O)c(Cc2cc3ccccc3oc2=O)c1. The van der Waals surface area contributed by atoms with Crippen LogP contribution in [0.25, 0.3) is 11.0 Å². The zero-order valence-corrected chi connectivity index (χ0v) is 11.1. The maximum atomic E-state index is 12.0. The Labute approximate surface area is 116 Å². The molecule has 0 radical (unpaired) electrons. The highest BCUT2D eigenvalue weighted by atomic mass is 16.4. The van der Waals surface area contributed by atoms with Crippen LogP contribution in [0.1, 0.15) is 16.7 Å². The average molecular weight is 266 g/mol. The van der Waals surface area contributed by atoms with Gasteiger partial charge in [-0.1, -0.05) is 35.9 Å². The highest BCUT2D eigenvalue weighted by molar-refractivity contribution is 5.76. The molecule has 2 aromatic carbocycles. The van der Waals surface area contributed by atoms with Gasteiger partial charge in [-0.25, -0.2) is 4.79 Å². The second kappa shape index (κ2) is 4.85. The van der Waals surface area contributed by atoms with E-state index >= 15 is 0 Å². The van der Waals surface area contributed by atoms with Crippen molar-refractivity contribution in [3.63, 3.8) is 0 Å². The zero-order chi connectivity index (χ0) is 14.1. The Balaban J connectivity index is 2.08. The molecular formula is C17H14O3. The van der Waals surface area contributed by atoms with E-state index in [-0.39, 0.29) is 11.4 Å². The van der Waals surface area contributed by atoms with E-state index in [0.29, 0.717) is 17.6 Å². The van der Waals surface area contributed by atoms with Crippen molar-refractivity contribution in [2.24, 2.45) is 0 Å². The summed E-state index contributed by atoms with van der Waals surface area (Å²) in [5.41, 5.74) is 2.54. The Morgan fingerprint density at radius 2 is 1.85 bits per heavy atom. The molecule has 3 aromatic rings. The molecular weight excluding hydrogens is 252 g/mol. The van der Waals surface area contributed by atoms with Gasteiger partial charge in [-0.05, 0) is 30.7 Å². The minimum atomic E-state index is -0.357. The van der Waals surface area contributed by atoms with E-state index in [2.05, 4.69) is 0 Å². The molecule has 0 spiro atoms. The number of hydrogen-bond donors (Lipinski definition) is 1. The first-order chi connectivity index (χ1) is 9.63. The Kier molecular flexibility index (Phi) is 3.03. The summed E-state index contributed by atoms with van der Waals surface area (Å²) in [4.78, 5) is 12.0. The lowest BCUT2D eigenvalue weighted by molar-refractivity contribution is 0.468. The number of aromatic hydroxyl groups is 1. The van der Waals surface area contributed by atoms with Crippen LogP contribution >= 0.6 is 0 Å². The van der Waals surface area contributed by atoms with Crippen LogP contribution in [0.3, 0.4) is 0 Å². The molecule has 1 aromatic heterocycles. The number of para-hydroxylation sites is 1. The number of fused-ring (bicyclic) bond motifs is 1. The maximum absolute atomic E-state index is 12.0. The Morgan fingerprint density at radius 3 is 2.70 bits per heavy atom. The summed E-state index contributed by atoms with van der Waals surface area (Å²) >= 11 is 0. The molecule has 0 bridgehead atoms. The molecule has 0 atom stereocenters. The smallest absolute Gasteiger partial charge is 0.339 e. The third-order valence-electron chi connectivity index (χ3n) is 3.33. The van der Waals surface area contributed by atoms with Gasteiger partial charge in [0.05, 0.1) is 0 Å². The van der Waals surface area contributed by atoms with Gasteiger partial charge in [-0.15, -0.1) is 0 Å². The fourth-order valence-corrected chi connectivity index (χ4v) is 2.29. The third kappa shape index (κ3) is 2.30. The number of rotatable bonds is 2. The van der Waals surface area contributed by atoms with Crippen molar-refractivity contribution in [2.75, 3.05) is 0 Å². The van der Waals surface area contributed by atoms with Crippen LogP contribution in [0.5, 0.6) is 5.75 Å². The standard InChI is InChI=1S/C17H14O3/c1-11-6-7-15(18)13(8-11)10-14-9-12-4-2-3-5-16(12)20-17(14)19/h2-9,18H,10H2,1H3. The van der Waals surface area contributed by atoms with Crippen molar-refractivity contribution < 1.29 is 9.52 Å². The van der Waals surface area contributed by atoms with E-state index in [0.717, 1.165) is 16.5 Å². The van der Waals surface area contributed by atoms with Gasteiger partial charge in [-0.2, -0.15) is 0 Å². The summed E-state index contributed by atoms with van der Waals surface area (Å²) < 4.78 is 5.30. The van der Waals surface area contributed by atoms with Crippen molar-refractivity contribution in [1.29, 1.82) is 0 Å². The minimum absolute atomic E-state index is 0.197. The number of hydrogen-bond acceptors (Lipinski definition) is 3. The largest absolute Gasteiger partial charge is 0.508 e. The molecule has 0 aliphatic carbocycles. The quantitative estimate of drug-likeness (QED) is 0.723. The lowest BCUT2D eigenvalue weighted by Gasteiger charge is -2.06. The Morgan fingerprint density at radius 1 is 1.05 bits per heavy atom. The molecule has 0 aliphatic heterocycles. The number of phenolic OH excluding ortho intramolecular Hbond substituents is 1. The van der Waals surface area contributed by atoms with Gasteiger partial charge >= 0.3 is 5.63 Å². The fraction of sp³-hybridized carbons (Fsp3) is 0.118. The van der Waals surface area contributed by atoms with Crippen molar-refractivity contribution in [3.8, 4) is 5.75 Å². The summed E-state index contributed by atoms with van der Waals surface area (Å²) in [5.74, 6) is 0.197. The predicted octanol–water partition coefficient (Wildman–Crippen LogP) is 3.40. The summed E-state index contributed by atoms with van der Waals surface area (Å²) in [6, 6.07) is 14.6. The molecule has 0 saturated heterocycles. The molecule has 20 heavy (non-hydrogen) atoms. The first kappa shape index (κ1) is 12.5. The second-order valence-electron chi connectivity index (χ2n) is 4.91. The van der Waals surface area contributed by atoms with E-state index < -0.39 is 0 Å². The highest BCUT2D eigenvalue weighted by Crippen LogP contribution is 2.22. The van der Waals surface area contributed by atoms with Gasteiger partial charge in [0.15, 0.2) is 0 Å². The Bertz CT molecular complexity index is 831. The predicted molar refractivity (Wildman–Crippen MR) is 78.1 cm³/mol. The summed E-state index contributed by atoms with van der Waals surface area (Å²) in [7, 11) is 0. The molecule has 3 nitrogen and oxygen atoms in total. The van der Waals surface area contributed by atoms with E-state index in [4.69, 9.17) is 4.42 Å². The molecule has 0 saturated carbocycles. The van der Waals surface area contributed by atoms with Crippen molar-refractivity contribution in [1.82, 2.24) is 0 Å². The van der Waals surface area contributed by atoms with Gasteiger partial charge in [0.25, 0.3) is 0 Å². The van der Waals surface area contributed by atoms with Crippen LogP contribution in [-0.4, -0.2) is 5.11 Å². The van der Waals surface area contributed by atoms with Gasteiger partial charge < -0.3 is 9.52 Å². The van der Waals surface area contributed by atoms with E-state index in [1.165, 1.54) is 0 Å². The van der Waals surface area contributed by atoms with Gasteiger partial charge in [0, 0.05) is 17.4 Å². The number of benzene rings is 2. The van der Waals surface area contributed by atoms with Gasteiger partial charge in [-0.3, -0.25) is 0 Å². The monoisotopic (exact) mass is 266 g/mol. The molecule has 1 N–H and O–H groups in total. The molecule has 0 amide bonds. The van der Waals surface area contributed by atoms with E-state index in [1.54, 1.807) is 12.1 Å². The third-order valence-corrected chi connectivity index (χ3v) is 3.33. The molecule has 1 heterocycles. The molecule has 3 heteroatoms. The van der Waals surface area contributed by atoms with Gasteiger partial charge in [0.2, 0.25) is 0 Å². The molecule has 3 rings (SSSR count). The van der Waals surface area contributed by atoms with Crippen LogP contribution in [-0.2, 0) is 6.42 Å². The molecule has 0 fully saturated rings. The molecule has 0 aliphatic rings. The summed E-state index contributed by atoms with van der Waals surface area (Å²) in [6.07, 6.45) is 0.362. The van der Waals surface area contributed by atoms with Crippen LogP contribution in [0.4, 0.5) is 0 Å². The van der Waals surface area contributed by atoms with Crippen molar-refractivity contribution in [3.05, 3.63) is 75.6 Å². The van der Waals surface area contributed by atoms with Gasteiger partial charge in [0.1, 0.15) is 11.3 Å². The second-order valence-corrected chi connectivity index (χ2v) is 4.91. The van der Waals surface area contributed by atoms with Crippen molar-refractivity contribution in [2.45, 2.75) is 13.3 Å².